The minimum absolute atomic E-state index is 0.295. The SMILES string of the molecule is CC(C#N)c1ccc(N)c(B2OC(C)(C)C(C)(C)O2)n1. The van der Waals surface area contributed by atoms with E-state index >= 15 is 0 Å². The predicted octanol–water partition coefficient (Wildman–Crippen LogP) is 1.59. The first-order valence-electron chi connectivity index (χ1n) is 6.69. The summed E-state index contributed by atoms with van der Waals surface area (Å²) in [5, 5.41) is 9.00. The van der Waals surface area contributed by atoms with Gasteiger partial charge in [-0.15, -0.1) is 0 Å². The second-order valence-corrected chi connectivity index (χ2v) is 6.15. The zero-order chi connectivity index (χ0) is 15.1. The zero-order valence-corrected chi connectivity index (χ0v) is 12.6. The van der Waals surface area contributed by atoms with Crippen LogP contribution in [0.15, 0.2) is 12.1 Å². The van der Waals surface area contributed by atoms with Crippen LogP contribution in [-0.4, -0.2) is 23.3 Å². The topological polar surface area (TPSA) is 81.2 Å². The first-order valence-corrected chi connectivity index (χ1v) is 6.69. The van der Waals surface area contributed by atoms with Crippen LogP contribution in [0.25, 0.3) is 0 Å². The van der Waals surface area contributed by atoms with Crippen LogP contribution in [0.4, 0.5) is 5.69 Å². The van der Waals surface area contributed by atoms with E-state index in [2.05, 4.69) is 11.1 Å². The lowest BCUT2D eigenvalue weighted by Crippen LogP contribution is -2.41. The highest BCUT2D eigenvalue weighted by atomic mass is 16.7. The van der Waals surface area contributed by atoms with Gasteiger partial charge in [-0.2, -0.15) is 5.26 Å². The molecular weight excluding hydrogens is 253 g/mol. The van der Waals surface area contributed by atoms with Crippen molar-refractivity contribution in [2.75, 3.05) is 5.73 Å². The number of aromatic nitrogens is 1. The van der Waals surface area contributed by atoms with Gasteiger partial charge in [-0.05, 0) is 46.8 Å². The molecule has 5 nitrogen and oxygen atoms in total. The van der Waals surface area contributed by atoms with Crippen LogP contribution in [0.1, 0.15) is 46.2 Å². The number of nitrogen functional groups attached to an aromatic ring is 1. The minimum Gasteiger partial charge on any atom is -0.398 e. The van der Waals surface area contributed by atoms with Crippen molar-refractivity contribution in [2.24, 2.45) is 0 Å². The van der Waals surface area contributed by atoms with Gasteiger partial charge in [0.25, 0.3) is 0 Å². The van der Waals surface area contributed by atoms with Crippen molar-refractivity contribution < 1.29 is 9.31 Å². The molecule has 1 aliphatic rings. The maximum Gasteiger partial charge on any atom is 0.516 e. The van der Waals surface area contributed by atoms with E-state index < -0.39 is 18.3 Å². The van der Waals surface area contributed by atoms with Gasteiger partial charge in [0.1, 0.15) is 0 Å². The van der Waals surface area contributed by atoms with Crippen LogP contribution in [0, 0.1) is 11.3 Å². The molecule has 1 atom stereocenters. The quantitative estimate of drug-likeness (QED) is 0.827. The molecule has 1 aromatic rings. The highest BCUT2D eigenvalue weighted by Crippen LogP contribution is 2.36. The van der Waals surface area contributed by atoms with Crippen molar-refractivity contribution >= 4 is 18.4 Å². The van der Waals surface area contributed by atoms with E-state index in [1.165, 1.54) is 0 Å². The van der Waals surface area contributed by atoms with Crippen molar-refractivity contribution in [3.05, 3.63) is 17.8 Å². The summed E-state index contributed by atoms with van der Waals surface area (Å²) in [5.74, 6) is -0.295. The van der Waals surface area contributed by atoms with Gasteiger partial charge in [0, 0.05) is 5.69 Å². The molecule has 0 aliphatic carbocycles. The highest BCUT2D eigenvalue weighted by molar-refractivity contribution is 6.62. The molecular formula is C14H20BN3O2. The van der Waals surface area contributed by atoms with Gasteiger partial charge >= 0.3 is 7.12 Å². The van der Waals surface area contributed by atoms with Crippen LogP contribution in [-0.2, 0) is 9.31 Å². The highest BCUT2D eigenvalue weighted by Gasteiger charge is 2.53. The average Bonchev–Trinajstić information content (AvgIpc) is 2.58. The molecule has 1 aromatic heterocycles. The van der Waals surface area contributed by atoms with E-state index in [4.69, 9.17) is 20.3 Å². The Bertz CT molecular complexity index is 550. The normalized spacial score (nSPS) is 21.5. The Balaban J connectivity index is 2.38. The number of nitrogens with two attached hydrogens (primary N) is 1. The second kappa shape index (κ2) is 4.76. The number of hydrogen-bond donors (Lipinski definition) is 1. The lowest BCUT2D eigenvalue weighted by Gasteiger charge is -2.32. The Morgan fingerprint density at radius 3 is 2.30 bits per heavy atom. The summed E-state index contributed by atoms with van der Waals surface area (Å²) in [6.45, 7) is 9.71. The molecule has 106 valence electrons. The smallest absolute Gasteiger partial charge is 0.398 e. The summed E-state index contributed by atoms with van der Waals surface area (Å²) in [6, 6.07) is 5.67. The third-order valence-electron chi connectivity index (χ3n) is 4.09. The predicted molar refractivity (Wildman–Crippen MR) is 78.4 cm³/mol. The van der Waals surface area contributed by atoms with Crippen molar-refractivity contribution in [2.45, 2.75) is 51.7 Å². The first kappa shape index (κ1) is 14.8. The molecule has 2 N–H and O–H groups in total. The second-order valence-electron chi connectivity index (χ2n) is 6.15. The average molecular weight is 273 g/mol. The van der Waals surface area contributed by atoms with Crippen molar-refractivity contribution in [3.8, 4) is 6.07 Å². The van der Waals surface area contributed by atoms with E-state index in [1.807, 2.05) is 27.7 Å². The molecule has 0 bridgehead atoms. The van der Waals surface area contributed by atoms with Crippen LogP contribution in [0.5, 0.6) is 0 Å². The number of rotatable bonds is 2. The van der Waals surface area contributed by atoms with Gasteiger partial charge < -0.3 is 15.0 Å². The molecule has 1 unspecified atom stereocenters. The Kier molecular flexibility index (Phi) is 3.53. The maximum atomic E-state index is 9.00. The van der Waals surface area contributed by atoms with E-state index in [1.54, 1.807) is 19.1 Å². The van der Waals surface area contributed by atoms with Gasteiger partial charge in [0.05, 0.1) is 34.5 Å². The summed E-state index contributed by atoms with van der Waals surface area (Å²) in [4.78, 5) is 4.46. The van der Waals surface area contributed by atoms with Gasteiger partial charge in [-0.3, -0.25) is 4.98 Å². The number of nitriles is 1. The fraction of sp³-hybridized carbons (Fsp3) is 0.571. The molecule has 0 spiro atoms. The number of anilines is 1. The van der Waals surface area contributed by atoms with Crippen LogP contribution >= 0.6 is 0 Å². The van der Waals surface area contributed by atoms with Crippen LogP contribution in [0.2, 0.25) is 0 Å². The molecule has 20 heavy (non-hydrogen) atoms. The van der Waals surface area contributed by atoms with Crippen LogP contribution in [0.3, 0.4) is 0 Å². The summed E-state index contributed by atoms with van der Waals surface area (Å²) in [7, 11) is -0.606. The molecule has 1 fully saturated rings. The largest absolute Gasteiger partial charge is 0.516 e. The van der Waals surface area contributed by atoms with E-state index in [9.17, 15) is 0 Å². The van der Waals surface area contributed by atoms with E-state index in [0.717, 1.165) is 0 Å². The Morgan fingerprint density at radius 2 is 1.80 bits per heavy atom. The summed E-state index contributed by atoms with van der Waals surface area (Å²) >= 11 is 0. The van der Waals surface area contributed by atoms with E-state index in [0.29, 0.717) is 17.0 Å². The monoisotopic (exact) mass is 273 g/mol. The van der Waals surface area contributed by atoms with Crippen molar-refractivity contribution in [3.63, 3.8) is 0 Å². The minimum atomic E-state index is -0.606. The molecule has 0 amide bonds. The molecule has 2 rings (SSSR count). The molecule has 6 heteroatoms. The first-order chi connectivity index (χ1) is 9.18. The van der Waals surface area contributed by atoms with Gasteiger partial charge in [-0.1, -0.05) is 0 Å². The summed E-state index contributed by atoms with van der Waals surface area (Å²) in [5.41, 5.74) is 6.83. The summed E-state index contributed by atoms with van der Waals surface area (Å²) in [6.07, 6.45) is 0. The summed E-state index contributed by atoms with van der Waals surface area (Å²) < 4.78 is 11.9. The van der Waals surface area contributed by atoms with Crippen molar-refractivity contribution in [1.82, 2.24) is 4.98 Å². The molecule has 0 aromatic carbocycles. The van der Waals surface area contributed by atoms with Gasteiger partial charge in [0.2, 0.25) is 0 Å². The zero-order valence-electron chi connectivity index (χ0n) is 12.6. The van der Waals surface area contributed by atoms with E-state index in [-0.39, 0.29) is 5.92 Å². The van der Waals surface area contributed by atoms with Gasteiger partial charge in [-0.25, -0.2) is 0 Å². The molecule has 1 saturated heterocycles. The number of pyridine rings is 1. The lowest BCUT2D eigenvalue weighted by molar-refractivity contribution is 0.00578. The fourth-order valence-corrected chi connectivity index (χ4v) is 1.95. The maximum absolute atomic E-state index is 9.00. The Labute approximate surface area is 120 Å². The standard InChI is InChI=1S/C14H20BN3O2/c1-9(8-16)11-7-6-10(17)12(18-11)15-19-13(2,3)14(4,5)20-15/h6-7,9H,17H2,1-5H3. The van der Waals surface area contributed by atoms with Crippen LogP contribution < -0.4 is 11.3 Å². The number of nitrogens with zero attached hydrogens (tertiary/aromatic N) is 2. The number of hydrogen-bond acceptors (Lipinski definition) is 5. The third-order valence-corrected chi connectivity index (χ3v) is 4.09. The Hall–Kier alpha value is -1.58. The fourth-order valence-electron chi connectivity index (χ4n) is 1.95. The van der Waals surface area contributed by atoms with Gasteiger partial charge in [0.15, 0.2) is 0 Å². The lowest BCUT2D eigenvalue weighted by atomic mass is 9.82. The molecule has 0 saturated carbocycles. The molecule has 2 heterocycles. The molecule has 0 radical (unpaired) electrons. The molecule has 1 aliphatic heterocycles. The Morgan fingerprint density at radius 1 is 1.25 bits per heavy atom. The van der Waals surface area contributed by atoms with Crippen molar-refractivity contribution in [1.29, 1.82) is 5.26 Å². The third kappa shape index (κ3) is 2.39.